The van der Waals surface area contributed by atoms with Gasteiger partial charge in [-0.2, -0.15) is 13.2 Å². The highest BCUT2D eigenvalue weighted by molar-refractivity contribution is 7.92. The Hall–Kier alpha value is -5.29. The van der Waals surface area contributed by atoms with E-state index in [9.17, 15) is 26.4 Å². The molecule has 0 fully saturated rings. The lowest BCUT2D eigenvalue weighted by Crippen LogP contribution is -2.49. The molecule has 1 N–H and O–H groups in total. The van der Waals surface area contributed by atoms with E-state index in [2.05, 4.69) is 4.72 Å². The molecule has 5 aromatic carbocycles. The number of fused-ring (bicyclic) bond motifs is 1. The maximum Gasteiger partial charge on any atom is 0.416 e. The van der Waals surface area contributed by atoms with Crippen molar-refractivity contribution in [3.8, 4) is 5.75 Å². The number of carbonyl (C=O) groups is 1. The Bertz CT molecular complexity index is 2040. The van der Waals surface area contributed by atoms with E-state index in [1.54, 1.807) is 42.5 Å². The van der Waals surface area contributed by atoms with Crippen LogP contribution in [0.1, 0.15) is 45.7 Å². The molecular formula is C37H32F3N3O4S. The molecule has 1 aliphatic rings. The lowest BCUT2D eigenvalue weighted by atomic mass is 9.97. The molecule has 0 saturated carbocycles. The molecule has 0 unspecified atom stereocenters. The third-order valence-electron chi connectivity index (χ3n) is 8.01. The maximum atomic E-state index is 14.6. The first kappa shape index (κ1) is 32.6. The van der Waals surface area contributed by atoms with E-state index in [1.165, 1.54) is 29.2 Å². The summed E-state index contributed by atoms with van der Waals surface area (Å²) in [5, 5.41) is 0. The fourth-order valence-electron chi connectivity index (χ4n) is 5.74. The molecule has 0 aliphatic carbocycles. The number of anilines is 3. The molecule has 48 heavy (non-hydrogen) atoms. The summed E-state index contributed by atoms with van der Waals surface area (Å²) < 4.78 is 77.1. The van der Waals surface area contributed by atoms with Gasteiger partial charge in [0.2, 0.25) is 0 Å². The van der Waals surface area contributed by atoms with Gasteiger partial charge in [0, 0.05) is 17.9 Å². The molecule has 0 aromatic heterocycles. The number of nitrogens with one attached hydrogen (secondary N) is 1. The summed E-state index contributed by atoms with van der Waals surface area (Å²) in [6.45, 7) is 4.40. The van der Waals surface area contributed by atoms with Gasteiger partial charge in [-0.1, -0.05) is 60.2 Å². The van der Waals surface area contributed by atoms with Crippen LogP contribution in [0.5, 0.6) is 5.75 Å². The Kier molecular flexibility index (Phi) is 8.89. The van der Waals surface area contributed by atoms with Crippen molar-refractivity contribution in [2.45, 2.75) is 37.6 Å². The van der Waals surface area contributed by atoms with Gasteiger partial charge in [0.15, 0.2) is 0 Å². The predicted octanol–water partition coefficient (Wildman–Crippen LogP) is 8.58. The molecule has 1 aliphatic heterocycles. The Balaban J connectivity index is 1.50. The van der Waals surface area contributed by atoms with Crippen molar-refractivity contribution in [3.63, 3.8) is 0 Å². The highest BCUT2D eigenvalue weighted by Gasteiger charge is 2.41. The van der Waals surface area contributed by atoms with Crippen molar-refractivity contribution in [3.05, 3.63) is 149 Å². The number of sulfonamides is 1. The fraction of sp³-hybridized carbons (Fsp3) is 0.162. The summed E-state index contributed by atoms with van der Waals surface area (Å²) in [6.07, 6.45) is -5.61. The van der Waals surface area contributed by atoms with E-state index in [4.69, 9.17) is 4.74 Å². The van der Waals surface area contributed by atoms with Crippen LogP contribution in [0.4, 0.5) is 30.2 Å². The minimum atomic E-state index is -4.61. The molecule has 5 aromatic rings. The summed E-state index contributed by atoms with van der Waals surface area (Å²) in [6, 6.07) is 32.0. The highest BCUT2D eigenvalue weighted by atomic mass is 32.2. The van der Waals surface area contributed by atoms with E-state index in [1.807, 2.05) is 61.2 Å². The summed E-state index contributed by atoms with van der Waals surface area (Å²) >= 11 is 0. The fourth-order valence-corrected chi connectivity index (χ4v) is 6.82. The third-order valence-corrected chi connectivity index (χ3v) is 9.39. The van der Waals surface area contributed by atoms with Crippen molar-refractivity contribution in [1.29, 1.82) is 0 Å². The molecule has 6 rings (SSSR count). The zero-order valence-corrected chi connectivity index (χ0v) is 26.9. The Morgan fingerprint density at radius 3 is 2.21 bits per heavy atom. The van der Waals surface area contributed by atoms with Gasteiger partial charge in [-0.05, 0) is 91.7 Å². The molecule has 246 valence electrons. The smallest absolute Gasteiger partial charge is 0.416 e. The molecular weight excluding hydrogens is 639 g/mol. The number of alkyl halides is 3. The van der Waals surface area contributed by atoms with Crippen LogP contribution in [-0.2, 0) is 22.7 Å². The Labute approximate surface area is 277 Å². The number of hydrogen-bond acceptors (Lipinski definition) is 5. The summed E-state index contributed by atoms with van der Waals surface area (Å²) in [7, 11) is -4.15. The zero-order chi connectivity index (χ0) is 34.1. The van der Waals surface area contributed by atoms with Gasteiger partial charge in [-0.3, -0.25) is 14.4 Å². The molecule has 1 atom stereocenters. The number of nitrogens with zero attached hydrogens (tertiary/aromatic N) is 2. The SMILES string of the molecule is CCOc1ccc(NS(=O)(=O)c2ccc3c(c2)C(=O)N(c2ccc(C)cc2)[C@H](c2cccc(C(F)(F)F)c2)N3Cc2ccccc2)cc1. The van der Waals surface area contributed by atoms with E-state index in [0.29, 0.717) is 29.4 Å². The number of ether oxygens (including phenoxy) is 1. The predicted molar refractivity (Wildman–Crippen MR) is 180 cm³/mol. The van der Waals surface area contributed by atoms with Crippen molar-refractivity contribution in [1.82, 2.24) is 0 Å². The Morgan fingerprint density at radius 2 is 1.54 bits per heavy atom. The first-order chi connectivity index (χ1) is 22.9. The topological polar surface area (TPSA) is 78.9 Å². The van der Waals surface area contributed by atoms with Crippen LogP contribution in [0.25, 0.3) is 0 Å². The highest BCUT2D eigenvalue weighted by Crippen LogP contribution is 2.44. The van der Waals surface area contributed by atoms with Gasteiger partial charge in [0.25, 0.3) is 15.9 Å². The van der Waals surface area contributed by atoms with E-state index in [0.717, 1.165) is 23.3 Å². The molecule has 0 radical (unpaired) electrons. The average Bonchev–Trinajstić information content (AvgIpc) is 3.07. The van der Waals surface area contributed by atoms with Crippen LogP contribution in [0.15, 0.2) is 126 Å². The van der Waals surface area contributed by atoms with E-state index in [-0.39, 0.29) is 22.6 Å². The number of rotatable bonds is 9. The summed E-state index contributed by atoms with van der Waals surface area (Å²) in [4.78, 5) is 17.7. The van der Waals surface area contributed by atoms with Crippen molar-refractivity contribution in [2.24, 2.45) is 0 Å². The first-order valence-electron chi connectivity index (χ1n) is 15.2. The number of aryl methyl sites for hydroxylation is 1. The molecule has 7 nitrogen and oxygen atoms in total. The van der Waals surface area contributed by atoms with Crippen LogP contribution in [0, 0.1) is 6.92 Å². The number of hydrogen-bond donors (Lipinski definition) is 1. The minimum Gasteiger partial charge on any atom is -0.494 e. The number of benzene rings is 5. The second kappa shape index (κ2) is 13.1. The number of amides is 1. The number of halogens is 3. The van der Waals surface area contributed by atoms with Crippen LogP contribution in [0.2, 0.25) is 0 Å². The van der Waals surface area contributed by atoms with Crippen LogP contribution >= 0.6 is 0 Å². The third kappa shape index (κ3) is 6.72. The zero-order valence-electron chi connectivity index (χ0n) is 26.1. The minimum absolute atomic E-state index is 0.0873. The molecule has 11 heteroatoms. The van der Waals surface area contributed by atoms with Gasteiger partial charge >= 0.3 is 6.18 Å². The average molecular weight is 672 g/mol. The van der Waals surface area contributed by atoms with Gasteiger partial charge in [0.05, 0.1) is 28.3 Å². The Morgan fingerprint density at radius 1 is 0.833 bits per heavy atom. The molecule has 0 saturated heterocycles. The second-order valence-electron chi connectivity index (χ2n) is 11.4. The second-order valence-corrected chi connectivity index (χ2v) is 13.0. The van der Waals surface area contributed by atoms with Gasteiger partial charge in [-0.15, -0.1) is 0 Å². The van der Waals surface area contributed by atoms with E-state index >= 15 is 0 Å². The van der Waals surface area contributed by atoms with Crippen LogP contribution in [-0.4, -0.2) is 20.9 Å². The molecule has 1 heterocycles. The normalized spacial score (nSPS) is 14.9. The van der Waals surface area contributed by atoms with Gasteiger partial charge < -0.3 is 9.64 Å². The first-order valence-corrected chi connectivity index (χ1v) is 16.7. The largest absolute Gasteiger partial charge is 0.494 e. The number of carbonyl (C=O) groups excluding carboxylic acids is 1. The quantitative estimate of drug-likeness (QED) is 0.170. The van der Waals surface area contributed by atoms with E-state index < -0.39 is 33.8 Å². The van der Waals surface area contributed by atoms with Crippen molar-refractivity contribution >= 4 is 33.0 Å². The van der Waals surface area contributed by atoms with Crippen LogP contribution < -0.4 is 19.3 Å². The molecule has 1 amide bonds. The molecule has 0 bridgehead atoms. The van der Waals surface area contributed by atoms with Gasteiger partial charge in [0.1, 0.15) is 11.9 Å². The lowest BCUT2D eigenvalue weighted by Gasteiger charge is -2.46. The van der Waals surface area contributed by atoms with Crippen LogP contribution in [0.3, 0.4) is 0 Å². The standard InChI is InChI=1S/C37H32F3N3O4S/c1-3-47-31-18-14-29(15-19-31)41-48(45,46)32-20-21-34-33(23-32)36(44)43(30-16-12-25(2)13-17-30)35(42(34)24-26-8-5-4-6-9-26)27-10-7-11-28(22-27)37(38,39)40/h4-23,35,41H,3,24H2,1-2H3/t35-/m1/s1. The molecule has 0 spiro atoms. The van der Waals surface area contributed by atoms with Crippen molar-refractivity contribution in [2.75, 3.05) is 21.1 Å². The maximum absolute atomic E-state index is 14.6. The van der Waals surface area contributed by atoms with Gasteiger partial charge in [-0.25, -0.2) is 8.42 Å². The summed E-state index contributed by atoms with van der Waals surface area (Å²) in [5.41, 5.74) is 2.38. The van der Waals surface area contributed by atoms with Crippen molar-refractivity contribution < 1.29 is 31.1 Å². The monoisotopic (exact) mass is 671 g/mol. The summed E-state index contributed by atoms with van der Waals surface area (Å²) in [5.74, 6) is 0.0311. The lowest BCUT2D eigenvalue weighted by molar-refractivity contribution is -0.137.